The number of amides is 2. The predicted octanol–water partition coefficient (Wildman–Crippen LogP) is 5.79. The number of carbonyl (C=O) groups is 3. The van der Waals surface area contributed by atoms with E-state index in [-0.39, 0.29) is 12.3 Å². The van der Waals surface area contributed by atoms with Crippen molar-refractivity contribution in [2.24, 2.45) is 0 Å². The van der Waals surface area contributed by atoms with Crippen LogP contribution in [-0.4, -0.2) is 29.1 Å². The van der Waals surface area contributed by atoms with Gasteiger partial charge in [-0.1, -0.05) is 35.9 Å². The van der Waals surface area contributed by atoms with Gasteiger partial charge in [-0.2, -0.15) is 0 Å². The maximum atomic E-state index is 12.8. The summed E-state index contributed by atoms with van der Waals surface area (Å²) in [5, 5.41) is -0.403. The molecule has 0 saturated carbocycles. The van der Waals surface area contributed by atoms with Crippen LogP contribution in [0.25, 0.3) is 6.08 Å². The maximum absolute atomic E-state index is 12.8. The average Bonchev–Trinajstić information content (AvgIpc) is 3.39. The van der Waals surface area contributed by atoms with E-state index in [1.807, 2.05) is 49.4 Å². The fourth-order valence-corrected chi connectivity index (χ4v) is 4.72. The Bertz CT molecular complexity index is 1280. The first-order chi connectivity index (χ1) is 16.3. The second-order valence-corrected chi connectivity index (χ2v) is 9.64. The molecule has 7 nitrogen and oxygen atoms in total. The molecule has 9 heteroatoms. The molecule has 0 radical (unpaired) electrons. The van der Waals surface area contributed by atoms with Gasteiger partial charge in [-0.3, -0.25) is 14.5 Å². The number of halogens is 1. The first-order valence-electron chi connectivity index (χ1n) is 10.2. The van der Waals surface area contributed by atoms with E-state index in [4.69, 9.17) is 9.15 Å². The Kier molecular flexibility index (Phi) is 7.42. The molecule has 174 valence electrons. The molecule has 0 N–H and O–H groups in total. The van der Waals surface area contributed by atoms with E-state index in [1.165, 1.54) is 24.8 Å². The number of furan rings is 1. The van der Waals surface area contributed by atoms with Gasteiger partial charge in [0.1, 0.15) is 18.1 Å². The highest BCUT2D eigenvalue weighted by Crippen LogP contribution is 2.34. The molecule has 0 unspecified atom stereocenters. The van der Waals surface area contributed by atoms with E-state index in [1.54, 1.807) is 6.08 Å². The topological polar surface area (TPSA) is 86.0 Å². The van der Waals surface area contributed by atoms with Crippen LogP contribution in [0, 0.1) is 10.5 Å². The number of rotatable bonds is 7. The van der Waals surface area contributed by atoms with Crippen molar-refractivity contribution in [1.29, 1.82) is 0 Å². The number of methoxy groups -OCH3 is 1. The minimum absolute atomic E-state index is 0.0132. The molecular formula is C25H20INO6S. The Hall–Kier alpha value is -3.05. The van der Waals surface area contributed by atoms with Crippen LogP contribution in [0.1, 0.15) is 33.0 Å². The van der Waals surface area contributed by atoms with Crippen molar-refractivity contribution in [3.63, 3.8) is 0 Å². The third-order valence-electron chi connectivity index (χ3n) is 5.00. The number of esters is 1. The molecule has 1 fully saturated rings. The lowest BCUT2D eigenvalue weighted by Crippen LogP contribution is -2.27. The van der Waals surface area contributed by atoms with Crippen molar-refractivity contribution in [2.75, 3.05) is 7.11 Å². The van der Waals surface area contributed by atoms with Crippen LogP contribution < -0.4 is 4.74 Å². The fraction of sp³-hybridized carbons (Fsp3) is 0.160. The number of nitrogens with zero attached hydrogens (tertiary/aromatic N) is 1. The fourth-order valence-electron chi connectivity index (χ4n) is 3.19. The van der Waals surface area contributed by atoms with Gasteiger partial charge in [-0.15, -0.1) is 0 Å². The SMILES string of the molecule is COC(=O)c1ccc(CN2C(=O)S/C(=C/c3ccc(OCc4ccc(C)cc4)c(I)c3)C2=O)o1. The maximum Gasteiger partial charge on any atom is 0.373 e. The lowest BCUT2D eigenvalue weighted by molar-refractivity contribution is -0.123. The Balaban J connectivity index is 1.43. The summed E-state index contributed by atoms with van der Waals surface area (Å²) in [5.41, 5.74) is 3.06. The molecule has 3 aromatic rings. The smallest absolute Gasteiger partial charge is 0.373 e. The summed E-state index contributed by atoms with van der Waals surface area (Å²) in [6.07, 6.45) is 1.68. The number of aryl methyl sites for hydroxylation is 1. The minimum atomic E-state index is -0.624. The number of thioether (sulfide) groups is 1. The van der Waals surface area contributed by atoms with Gasteiger partial charge in [-0.05, 0) is 82.7 Å². The van der Waals surface area contributed by atoms with Crippen molar-refractivity contribution >= 4 is 57.5 Å². The van der Waals surface area contributed by atoms with E-state index in [0.29, 0.717) is 17.3 Å². The first kappa shape index (κ1) is 24.1. The first-order valence-corrected chi connectivity index (χ1v) is 12.1. The molecular weight excluding hydrogens is 569 g/mol. The van der Waals surface area contributed by atoms with Crippen LogP contribution in [0.2, 0.25) is 0 Å². The molecule has 0 spiro atoms. The van der Waals surface area contributed by atoms with Gasteiger partial charge in [-0.25, -0.2) is 4.79 Å². The highest BCUT2D eigenvalue weighted by Gasteiger charge is 2.35. The highest BCUT2D eigenvalue weighted by atomic mass is 127. The van der Waals surface area contributed by atoms with Crippen molar-refractivity contribution in [3.05, 3.63) is 91.3 Å². The Morgan fingerprint density at radius 1 is 1.12 bits per heavy atom. The molecule has 1 aliphatic heterocycles. The Labute approximate surface area is 214 Å². The summed E-state index contributed by atoms with van der Waals surface area (Å²) in [6, 6.07) is 16.7. The average molecular weight is 589 g/mol. The van der Waals surface area contributed by atoms with Crippen molar-refractivity contribution < 1.29 is 28.3 Å². The van der Waals surface area contributed by atoms with Gasteiger partial charge in [0.25, 0.3) is 11.1 Å². The van der Waals surface area contributed by atoms with E-state index in [9.17, 15) is 14.4 Å². The van der Waals surface area contributed by atoms with Gasteiger partial charge >= 0.3 is 5.97 Å². The van der Waals surface area contributed by atoms with E-state index in [0.717, 1.165) is 37.1 Å². The number of ether oxygens (including phenoxy) is 2. The highest BCUT2D eigenvalue weighted by molar-refractivity contribution is 14.1. The number of hydrogen-bond acceptors (Lipinski definition) is 7. The van der Waals surface area contributed by atoms with Crippen LogP contribution >= 0.6 is 34.4 Å². The predicted molar refractivity (Wildman–Crippen MR) is 136 cm³/mol. The third-order valence-corrected chi connectivity index (χ3v) is 6.75. The molecule has 1 aromatic heterocycles. The van der Waals surface area contributed by atoms with Crippen molar-refractivity contribution in [1.82, 2.24) is 4.90 Å². The molecule has 0 bridgehead atoms. The van der Waals surface area contributed by atoms with Gasteiger partial charge in [0.05, 0.1) is 22.1 Å². The van der Waals surface area contributed by atoms with E-state index < -0.39 is 17.1 Å². The normalized spacial score (nSPS) is 14.7. The molecule has 1 saturated heterocycles. The monoisotopic (exact) mass is 589 g/mol. The number of hydrogen-bond donors (Lipinski definition) is 0. The van der Waals surface area contributed by atoms with Crippen LogP contribution in [0.15, 0.2) is 63.9 Å². The molecule has 2 heterocycles. The van der Waals surface area contributed by atoms with Gasteiger partial charge < -0.3 is 13.9 Å². The molecule has 4 rings (SSSR count). The number of benzene rings is 2. The van der Waals surface area contributed by atoms with Crippen molar-refractivity contribution in [3.8, 4) is 5.75 Å². The molecule has 0 aliphatic carbocycles. The van der Waals surface area contributed by atoms with Crippen molar-refractivity contribution in [2.45, 2.75) is 20.1 Å². The second-order valence-electron chi connectivity index (χ2n) is 7.49. The second kappa shape index (κ2) is 10.5. The molecule has 2 aromatic carbocycles. The Morgan fingerprint density at radius 2 is 1.88 bits per heavy atom. The van der Waals surface area contributed by atoms with E-state index in [2.05, 4.69) is 27.3 Å². The van der Waals surface area contributed by atoms with Crippen LogP contribution in [0.5, 0.6) is 5.75 Å². The Morgan fingerprint density at radius 3 is 2.59 bits per heavy atom. The summed E-state index contributed by atoms with van der Waals surface area (Å²) < 4.78 is 16.8. The summed E-state index contributed by atoms with van der Waals surface area (Å²) in [5.74, 6) is 0.0282. The molecule has 34 heavy (non-hydrogen) atoms. The number of imide groups is 1. The minimum Gasteiger partial charge on any atom is -0.488 e. The van der Waals surface area contributed by atoms with Gasteiger partial charge in [0.15, 0.2) is 0 Å². The van der Waals surface area contributed by atoms with E-state index >= 15 is 0 Å². The summed E-state index contributed by atoms with van der Waals surface area (Å²) in [4.78, 5) is 38.2. The number of carbonyl (C=O) groups excluding carboxylic acids is 3. The summed E-state index contributed by atoms with van der Waals surface area (Å²) >= 11 is 3.05. The standard InChI is InChI=1S/C25H20INO6S/c1-15-3-5-16(6-4-15)14-32-20-9-7-17(11-19(20)26)12-22-23(28)27(25(30)34-22)13-18-8-10-21(33-18)24(29)31-2/h3-12H,13-14H2,1-2H3/b22-12+. The van der Waals surface area contributed by atoms with Crippen LogP contribution in [0.3, 0.4) is 0 Å². The van der Waals surface area contributed by atoms with Crippen LogP contribution in [0.4, 0.5) is 4.79 Å². The molecule has 2 amide bonds. The zero-order valence-electron chi connectivity index (χ0n) is 18.4. The lowest BCUT2D eigenvalue weighted by atomic mass is 10.1. The molecule has 0 atom stereocenters. The lowest BCUT2D eigenvalue weighted by Gasteiger charge is -2.10. The summed E-state index contributed by atoms with van der Waals surface area (Å²) in [7, 11) is 1.25. The summed E-state index contributed by atoms with van der Waals surface area (Å²) in [6.45, 7) is 2.43. The zero-order valence-corrected chi connectivity index (χ0v) is 21.3. The zero-order chi connectivity index (χ0) is 24.2. The quantitative estimate of drug-likeness (QED) is 0.196. The van der Waals surface area contributed by atoms with Crippen LogP contribution in [-0.2, 0) is 22.7 Å². The van der Waals surface area contributed by atoms with Gasteiger partial charge in [0.2, 0.25) is 5.76 Å². The molecule has 1 aliphatic rings. The third kappa shape index (κ3) is 5.53. The largest absolute Gasteiger partial charge is 0.488 e. The van der Waals surface area contributed by atoms with Gasteiger partial charge in [0, 0.05) is 0 Å².